The van der Waals surface area contributed by atoms with Crippen molar-refractivity contribution in [1.82, 2.24) is 4.90 Å². The van der Waals surface area contributed by atoms with Gasteiger partial charge in [-0.1, -0.05) is 0 Å². The van der Waals surface area contributed by atoms with Crippen LogP contribution in [0.25, 0.3) is 0 Å². The largest absolute Gasteiger partial charge is 0.403 e. The van der Waals surface area contributed by atoms with Gasteiger partial charge in [0.2, 0.25) is 0 Å². The van der Waals surface area contributed by atoms with Crippen LogP contribution in [-0.2, 0) is 0 Å². The Kier molecular flexibility index (Phi) is 3.93. The number of hydrogen-bond donors (Lipinski definition) is 1. The molecule has 0 bridgehead atoms. The zero-order valence-electron chi connectivity index (χ0n) is 7.33. The average molecular weight is 142 g/mol. The van der Waals surface area contributed by atoms with Gasteiger partial charge in [-0.25, -0.2) is 0 Å². The van der Waals surface area contributed by atoms with Crippen LogP contribution in [0.1, 0.15) is 27.7 Å². The van der Waals surface area contributed by atoms with Crippen molar-refractivity contribution in [3.63, 3.8) is 0 Å². The summed E-state index contributed by atoms with van der Waals surface area (Å²) in [5, 5.41) is 0. The third kappa shape index (κ3) is 2.76. The minimum Gasteiger partial charge on any atom is -0.403 e. The zero-order valence-corrected chi connectivity index (χ0v) is 7.33. The molecule has 0 unspecified atom stereocenters. The molecule has 0 saturated carbocycles. The molecule has 0 fully saturated rings. The van der Waals surface area contributed by atoms with E-state index in [2.05, 4.69) is 32.6 Å². The smallest absolute Gasteiger partial charge is 0.0231 e. The van der Waals surface area contributed by atoms with E-state index in [9.17, 15) is 0 Å². The summed E-state index contributed by atoms with van der Waals surface area (Å²) in [7, 11) is 0. The Hall–Kier alpha value is -0.660. The number of nitrogens with zero attached hydrogens (tertiary/aromatic N) is 1. The average Bonchev–Trinajstić information content (AvgIpc) is 1.81. The van der Waals surface area contributed by atoms with Gasteiger partial charge >= 0.3 is 0 Å². The predicted octanol–water partition coefficient (Wildman–Crippen LogP) is 1.54. The maximum absolute atomic E-state index is 5.28. The van der Waals surface area contributed by atoms with E-state index in [4.69, 9.17) is 5.73 Å². The first-order chi connectivity index (χ1) is 4.59. The van der Waals surface area contributed by atoms with Crippen molar-refractivity contribution < 1.29 is 0 Å². The summed E-state index contributed by atoms with van der Waals surface area (Å²) in [5.41, 5.74) is 5.28. The van der Waals surface area contributed by atoms with Crippen LogP contribution >= 0.6 is 0 Å². The molecule has 0 aromatic rings. The van der Waals surface area contributed by atoms with Crippen molar-refractivity contribution in [1.29, 1.82) is 0 Å². The van der Waals surface area contributed by atoms with Gasteiger partial charge in [-0.05, 0) is 27.7 Å². The zero-order chi connectivity index (χ0) is 8.15. The molecule has 0 amide bonds. The van der Waals surface area contributed by atoms with E-state index in [-0.39, 0.29) is 0 Å². The first-order valence-electron chi connectivity index (χ1n) is 3.75. The van der Waals surface area contributed by atoms with Crippen LogP contribution in [-0.4, -0.2) is 17.0 Å². The molecular formula is C8H18N2. The molecule has 2 N–H and O–H groups in total. The molecule has 0 heterocycles. The van der Waals surface area contributed by atoms with Gasteiger partial charge in [0.1, 0.15) is 0 Å². The summed E-state index contributed by atoms with van der Waals surface area (Å²) >= 11 is 0. The van der Waals surface area contributed by atoms with Crippen molar-refractivity contribution in [2.24, 2.45) is 5.73 Å². The number of hydrogen-bond acceptors (Lipinski definition) is 2. The minimum atomic E-state index is 0.528. The second kappa shape index (κ2) is 4.20. The van der Waals surface area contributed by atoms with Crippen molar-refractivity contribution in [2.45, 2.75) is 39.8 Å². The van der Waals surface area contributed by atoms with Crippen LogP contribution in [0.5, 0.6) is 0 Å². The van der Waals surface area contributed by atoms with Gasteiger partial charge in [-0.3, -0.25) is 0 Å². The van der Waals surface area contributed by atoms with Crippen molar-refractivity contribution in [3.8, 4) is 0 Å². The fourth-order valence-electron chi connectivity index (χ4n) is 1.04. The van der Waals surface area contributed by atoms with Crippen LogP contribution in [0.3, 0.4) is 0 Å². The molecule has 0 saturated heterocycles. The summed E-state index contributed by atoms with van der Waals surface area (Å²) in [4.78, 5) is 2.21. The van der Waals surface area contributed by atoms with Crippen LogP contribution in [0.15, 0.2) is 12.4 Å². The predicted molar refractivity (Wildman–Crippen MR) is 45.4 cm³/mol. The van der Waals surface area contributed by atoms with Crippen LogP contribution in [0.4, 0.5) is 0 Å². The second-order valence-corrected chi connectivity index (χ2v) is 2.98. The molecule has 0 spiro atoms. The molecule has 0 radical (unpaired) electrons. The van der Waals surface area contributed by atoms with Gasteiger partial charge in [0, 0.05) is 24.5 Å². The molecule has 0 aromatic heterocycles. The van der Waals surface area contributed by atoms with E-state index in [0.717, 1.165) is 0 Å². The lowest BCUT2D eigenvalue weighted by Gasteiger charge is -2.28. The Balaban J connectivity index is 3.98. The molecule has 0 aliphatic heterocycles. The van der Waals surface area contributed by atoms with Gasteiger partial charge < -0.3 is 10.6 Å². The van der Waals surface area contributed by atoms with E-state index in [1.165, 1.54) is 0 Å². The maximum Gasteiger partial charge on any atom is 0.0231 e. The Bertz CT molecular complexity index is 97.8. The lowest BCUT2D eigenvalue weighted by atomic mass is 10.2. The lowest BCUT2D eigenvalue weighted by Crippen LogP contribution is -2.32. The fourth-order valence-corrected chi connectivity index (χ4v) is 1.04. The monoisotopic (exact) mass is 142 g/mol. The molecule has 2 heteroatoms. The van der Waals surface area contributed by atoms with Gasteiger partial charge in [0.25, 0.3) is 0 Å². The molecule has 60 valence electrons. The highest BCUT2D eigenvalue weighted by Gasteiger charge is 2.06. The van der Waals surface area contributed by atoms with E-state index in [1.807, 2.05) is 6.20 Å². The van der Waals surface area contributed by atoms with Crippen molar-refractivity contribution in [2.75, 3.05) is 0 Å². The Morgan fingerprint density at radius 3 is 1.60 bits per heavy atom. The Morgan fingerprint density at radius 2 is 1.50 bits per heavy atom. The van der Waals surface area contributed by atoms with Crippen molar-refractivity contribution in [3.05, 3.63) is 12.4 Å². The summed E-state index contributed by atoms with van der Waals surface area (Å²) in [6, 6.07) is 1.06. The Morgan fingerprint density at radius 1 is 1.10 bits per heavy atom. The number of nitrogens with two attached hydrogens (primary N) is 1. The van der Waals surface area contributed by atoms with Crippen LogP contribution < -0.4 is 5.73 Å². The molecule has 0 aliphatic rings. The fraction of sp³-hybridized carbons (Fsp3) is 0.750. The van der Waals surface area contributed by atoms with Gasteiger partial charge in [-0.15, -0.1) is 0 Å². The third-order valence-corrected chi connectivity index (χ3v) is 1.45. The van der Waals surface area contributed by atoms with Crippen LogP contribution in [0.2, 0.25) is 0 Å². The van der Waals surface area contributed by atoms with E-state index < -0.39 is 0 Å². The third-order valence-electron chi connectivity index (χ3n) is 1.45. The summed E-state index contributed by atoms with van der Waals surface area (Å²) in [6.45, 7) is 8.61. The molecular weight excluding hydrogens is 124 g/mol. The van der Waals surface area contributed by atoms with E-state index in [0.29, 0.717) is 12.1 Å². The highest BCUT2D eigenvalue weighted by atomic mass is 15.2. The minimum absolute atomic E-state index is 0.528. The van der Waals surface area contributed by atoms with Crippen LogP contribution in [0, 0.1) is 0 Å². The maximum atomic E-state index is 5.28. The van der Waals surface area contributed by atoms with Crippen molar-refractivity contribution >= 4 is 0 Å². The molecule has 0 aliphatic carbocycles. The summed E-state index contributed by atoms with van der Waals surface area (Å²) < 4.78 is 0. The first-order valence-corrected chi connectivity index (χ1v) is 3.75. The molecule has 0 aromatic carbocycles. The Labute approximate surface area is 63.7 Å². The van der Waals surface area contributed by atoms with E-state index >= 15 is 0 Å². The van der Waals surface area contributed by atoms with Gasteiger partial charge in [0.15, 0.2) is 0 Å². The molecule has 2 nitrogen and oxygen atoms in total. The summed E-state index contributed by atoms with van der Waals surface area (Å²) in [5.74, 6) is 0. The normalized spacial score (nSPS) is 11.8. The van der Waals surface area contributed by atoms with E-state index in [1.54, 1.807) is 6.20 Å². The highest BCUT2D eigenvalue weighted by molar-refractivity contribution is 4.82. The highest BCUT2D eigenvalue weighted by Crippen LogP contribution is 2.03. The topological polar surface area (TPSA) is 29.3 Å². The molecule has 0 rings (SSSR count). The second-order valence-electron chi connectivity index (χ2n) is 2.98. The standard InChI is InChI=1S/C8H18N2/c1-7(2)10(6-5-9)8(3)4/h5-8H,9H2,1-4H3/b6-5+. The lowest BCUT2D eigenvalue weighted by molar-refractivity contribution is 0.255. The first kappa shape index (κ1) is 9.34. The van der Waals surface area contributed by atoms with Gasteiger partial charge in [0.05, 0.1) is 0 Å². The quantitative estimate of drug-likeness (QED) is 0.647. The summed E-state index contributed by atoms with van der Waals surface area (Å²) in [6.07, 6.45) is 3.51. The number of rotatable bonds is 3. The van der Waals surface area contributed by atoms with Gasteiger partial charge in [-0.2, -0.15) is 0 Å². The molecule has 0 atom stereocenters. The SMILES string of the molecule is CC(C)N(/C=C/N)C(C)C. The molecule has 10 heavy (non-hydrogen) atoms.